The number of aromatic amines is 1. The Balaban J connectivity index is 0.00000131. The highest BCUT2D eigenvalue weighted by molar-refractivity contribution is 5.91. The van der Waals surface area contributed by atoms with Crippen LogP contribution in [0, 0.1) is 0 Å². The Morgan fingerprint density at radius 3 is 2.78 bits per heavy atom. The van der Waals surface area contributed by atoms with Crippen molar-refractivity contribution in [3.8, 4) is 0 Å². The van der Waals surface area contributed by atoms with Gasteiger partial charge in [0.1, 0.15) is 5.82 Å². The summed E-state index contributed by atoms with van der Waals surface area (Å²) in [4.78, 5) is 20.0. The van der Waals surface area contributed by atoms with Gasteiger partial charge < -0.3 is 15.6 Å². The predicted molar refractivity (Wildman–Crippen MR) is 108 cm³/mol. The number of hydrogen-bond donors (Lipinski definition) is 3. The molecule has 1 amide bonds. The van der Waals surface area contributed by atoms with E-state index in [0.717, 1.165) is 42.8 Å². The molecule has 3 N–H and O–H groups in total. The number of para-hydroxylation sites is 2. The van der Waals surface area contributed by atoms with Crippen LogP contribution in [0.15, 0.2) is 30.5 Å². The molecule has 0 spiro atoms. The van der Waals surface area contributed by atoms with Gasteiger partial charge in [0, 0.05) is 13.0 Å². The SMILES string of the molecule is Cl.Cl.O=C(NCCc1nc2ccccc2[nH]1)c1cn(C2CCNCC2)nn1. The van der Waals surface area contributed by atoms with Gasteiger partial charge in [0.25, 0.3) is 5.91 Å². The first-order chi connectivity index (χ1) is 12.3. The number of nitrogens with zero attached hydrogens (tertiary/aromatic N) is 4. The summed E-state index contributed by atoms with van der Waals surface area (Å²) < 4.78 is 1.81. The molecule has 1 aliphatic rings. The van der Waals surface area contributed by atoms with Crippen LogP contribution in [0.3, 0.4) is 0 Å². The van der Waals surface area contributed by atoms with Crippen molar-refractivity contribution in [3.63, 3.8) is 0 Å². The first-order valence-electron chi connectivity index (χ1n) is 8.64. The van der Waals surface area contributed by atoms with Crippen molar-refractivity contribution in [2.45, 2.75) is 25.3 Å². The van der Waals surface area contributed by atoms with Crippen molar-refractivity contribution >= 4 is 41.8 Å². The molecule has 27 heavy (non-hydrogen) atoms. The quantitative estimate of drug-likeness (QED) is 0.594. The highest BCUT2D eigenvalue weighted by Crippen LogP contribution is 2.17. The number of halogens is 2. The Hall–Kier alpha value is -2.16. The molecule has 0 atom stereocenters. The number of fused-ring (bicyclic) bond motifs is 1. The molecule has 8 nitrogen and oxygen atoms in total. The van der Waals surface area contributed by atoms with Crippen molar-refractivity contribution in [2.24, 2.45) is 0 Å². The monoisotopic (exact) mass is 411 g/mol. The van der Waals surface area contributed by atoms with Gasteiger partial charge in [0.15, 0.2) is 5.69 Å². The number of imidazole rings is 1. The molecule has 1 aromatic carbocycles. The van der Waals surface area contributed by atoms with E-state index >= 15 is 0 Å². The predicted octanol–water partition coefficient (Wildman–Crippen LogP) is 1.89. The smallest absolute Gasteiger partial charge is 0.273 e. The summed E-state index contributed by atoms with van der Waals surface area (Å²) in [6.07, 6.45) is 4.41. The normalized spacial score (nSPS) is 14.4. The number of rotatable bonds is 5. The summed E-state index contributed by atoms with van der Waals surface area (Å²) >= 11 is 0. The molecule has 1 fully saturated rings. The van der Waals surface area contributed by atoms with Gasteiger partial charge in [-0.1, -0.05) is 17.3 Å². The maximum Gasteiger partial charge on any atom is 0.273 e. The van der Waals surface area contributed by atoms with E-state index in [0.29, 0.717) is 24.7 Å². The van der Waals surface area contributed by atoms with E-state index in [2.05, 4.69) is 30.9 Å². The number of hydrogen-bond acceptors (Lipinski definition) is 5. The Morgan fingerprint density at radius 2 is 2.00 bits per heavy atom. The second kappa shape index (κ2) is 9.68. The Morgan fingerprint density at radius 1 is 1.22 bits per heavy atom. The molecule has 1 aliphatic heterocycles. The molecule has 0 saturated carbocycles. The highest BCUT2D eigenvalue weighted by atomic mass is 35.5. The second-order valence-corrected chi connectivity index (χ2v) is 6.27. The van der Waals surface area contributed by atoms with Crippen molar-refractivity contribution in [2.75, 3.05) is 19.6 Å². The number of aromatic nitrogens is 5. The van der Waals surface area contributed by atoms with Crippen LogP contribution in [-0.4, -0.2) is 50.5 Å². The van der Waals surface area contributed by atoms with E-state index < -0.39 is 0 Å². The maximum atomic E-state index is 12.2. The summed E-state index contributed by atoms with van der Waals surface area (Å²) in [6, 6.07) is 8.21. The van der Waals surface area contributed by atoms with Crippen LogP contribution in [0.2, 0.25) is 0 Å². The van der Waals surface area contributed by atoms with E-state index in [4.69, 9.17) is 0 Å². The Bertz CT molecular complexity index is 840. The van der Waals surface area contributed by atoms with Gasteiger partial charge >= 0.3 is 0 Å². The fraction of sp³-hybridized carbons (Fsp3) is 0.412. The summed E-state index contributed by atoms with van der Waals surface area (Å²) in [5, 5.41) is 14.3. The third-order valence-electron chi connectivity index (χ3n) is 4.51. The largest absolute Gasteiger partial charge is 0.350 e. The van der Waals surface area contributed by atoms with Crippen LogP contribution >= 0.6 is 24.8 Å². The molecule has 0 aliphatic carbocycles. The number of benzene rings is 1. The van der Waals surface area contributed by atoms with E-state index in [9.17, 15) is 4.79 Å². The first kappa shape index (κ1) is 21.1. The van der Waals surface area contributed by atoms with E-state index in [1.54, 1.807) is 6.20 Å². The van der Waals surface area contributed by atoms with Crippen molar-refractivity contribution < 1.29 is 4.79 Å². The van der Waals surface area contributed by atoms with Gasteiger partial charge in [-0.3, -0.25) is 4.79 Å². The minimum Gasteiger partial charge on any atom is -0.350 e. The molecule has 2 aromatic heterocycles. The molecule has 0 unspecified atom stereocenters. The summed E-state index contributed by atoms with van der Waals surface area (Å²) in [7, 11) is 0. The van der Waals surface area contributed by atoms with Crippen LogP contribution < -0.4 is 10.6 Å². The van der Waals surface area contributed by atoms with Gasteiger partial charge in [0.2, 0.25) is 0 Å². The zero-order valence-corrected chi connectivity index (χ0v) is 16.4. The molecule has 4 rings (SSSR count). The van der Waals surface area contributed by atoms with E-state index in [1.807, 2.05) is 28.9 Å². The summed E-state index contributed by atoms with van der Waals surface area (Å²) in [6.45, 7) is 2.45. The fourth-order valence-electron chi connectivity index (χ4n) is 3.14. The van der Waals surface area contributed by atoms with Gasteiger partial charge in [0.05, 0.1) is 23.3 Å². The number of amides is 1. The van der Waals surface area contributed by atoms with Gasteiger partial charge in [-0.15, -0.1) is 29.9 Å². The van der Waals surface area contributed by atoms with Crippen molar-refractivity contribution in [1.82, 2.24) is 35.6 Å². The summed E-state index contributed by atoms with van der Waals surface area (Å²) in [5.41, 5.74) is 2.31. The van der Waals surface area contributed by atoms with Gasteiger partial charge in [-0.05, 0) is 38.1 Å². The first-order valence-corrected chi connectivity index (χ1v) is 8.64. The number of piperidine rings is 1. The highest BCUT2D eigenvalue weighted by Gasteiger charge is 2.18. The molecule has 1 saturated heterocycles. The molecular formula is C17H23Cl2N7O. The zero-order valence-electron chi connectivity index (χ0n) is 14.7. The summed E-state index contributed by atoms with van der Waals surface area (Å²) in [5.74, 6) is 0.663. The van der Waals surface area contributed by atoms with E-state index in [1.165, 1.54) is 0 Å². The minimum absolute atomic E-state index is 0. The molecule has 3 aromatic rings. The third kappa shape index (κ3) is 4.97. The molecule has 0 bridgehead atoms. The average Bonchev–Trinajstić information content (AvgIpc) is 3.29. The van der Waals surface area contributed by atoms with Crippen molar-refractivity contribution in [1.29, 1.82) is 0 Å². The fourth-order valence-corrected chi connectivity index (χ4v) is 3.14. The minimum atomic E-state index is -0.198. The lowest BCUT2D eigenvalue weighted by molar-refractivity contribution is 0.0949. The number of carbonyl (C=O) groups is 1. The second-order valence-electron chi connectivity index (χ2n) is 6.27. The van der Waals surface area contributed by atoms with Crippen LogP contribution in [0.1, 0.15) is 35.2 Å². The Kier molecular flexibility index (Phi) is 7.58. The lowest BCUT2D eigenvalue weighted by atomic mass is 10.1. The number of carbonyl (C=O) groups excluding carboxylic acids is 1. The average molecular weight is 412 g/mol. The third-order valence-corrected chi connectivity index (χ3v) is 4.51. The lowest BCUT2D eigenvalue weighted by Crippen LogP contribution is -2.29. The van der Waals surface area contributed by atoms with Gasteiger partial charge in [-0.2, -0.15) is 0 Å². The van der Waals surface area contributed by atoms with Crippen LogP contribution in [0.5, 0.6) is 0 Å². The number of nitrogens with one attached hydrogen (secondary N) is 3. The Labute approximate surface area is 169 Å². The van der Waals surface area contributed by atoms with Crippen LogP contribution in [0.4, 0.5) is 0 Å². The molecular weight excluding hydrogens is 389 g/mol. The van der Waals surface area contributed by atoms with Gasteiger partial charge in [-0.25, -0.2) is 9.67 Å². The molecule has 0 radical (unpaired) electrons. The van der Waals surface area contributed by atoms with Crippen LogP contribution in [0.25, 0.3) is 11.0 Å². The zero-order chi connectivity index (χ0) is 17.1. The molecule has 146 valence electrons. The molecule has 10 heteroatoms. The topological polar surface area (TPSA) is 101 Å². The van der Waals surface area contributed by atoms with E-state index in [-0.39, 0.29) is 30.7 Å². The number of H-pyrrole nitrogens is 1. The standard InChI is InChI=1S/C17H21N7O.2ClH/c25-17(15-11-24(23-22-15)12-5-8-18-9-6-12)19-10-7-16-20-13-3-1-2-4-14(13)21-16;;/h1-4,11-12,18H,5-10H2,(H,19,25)(H,20,21);2*1H. The lowest BCUT2D eigenvalue weighted by Gasteiger charge is -2.22. The maximum absolute atomic E-state index is 12.2. The van der Waals surface area contributed by atoms with Crippen LogP contribution in [-0.2, 0) is 6.42 Å². The van der Waals surface area contributed by atoms with Crippen molar-refractivity contribution in [3.05, 3.63) is 42.0 Å². The molecule has 3 heterocycles.